The average molecular weight is 314 g/mol. The quantitative estimate of drug-likeness (QED) is 0.596. The van der Waals surface area contributed by atoms with Gasteiger partial charge in [0.15, 0.2) is 0 Å². The molecule has 3 N–H and O–H groups in total. The van der Waals surface area contributed by atoms with Crippen LogP contribution in [0, 0.1) is 22.0 Å². The minimum absolute atomic E-state index is 0.00430. The molecule has 0 heterocycles. The SMILES string of the molecule is CC(C)C[C@H](CN)CC(=O)Nc1ccc([N+](=O)[O-])c(Cl)c1. The summed E-state index contributed by atoms with van der Waals surface area (Å²) in [5, 5.41) is 13.3. The Balaban J connectivity index is 2.66. The van der Waals surface area contributed by atoms with Crippen molar-refractivity contribution < 1.29 is 9.72 Å². The zero-order chi connectivity index (χ0) is 16.0. The second-order valence-electron chi connectivity index (χ2n) is 5.41. The molecule has 1 atom stereocenters. The van der Waals surface area contributed by atoms with E-state index >= 15 is 0 Å². The van der Waals surface area contributed by atoms with Gasteiger partial charge in [0.25, 0.3) is 5.69 Å². The first-order chi connectivity index (χ1) is 9.83. The number of hydrogen-bond donors (Lipinski definition) is 2. The van der Waals surface area contributed by atoms with Gasteiger partial charge in [0.05, 0.1) is 4.92 Å². The highest BCUT2D eigenvalue weighted by molar-refractivity contribution is 6.33. The number of rotatable bonds is 7. The molecule has 0 aliphatic carbocycles. The minimum atomic E-state index is -0.568. The van der Waals surface area contributed by atoms with Crippen LogP contribution in [0.25, 0.3) is 0 Å². The Morgan fingerprint density at radius 2 is 2.14 bits per heavy atom. The molecule has 21 heavy (non-hydrogen) atoms. The molecular weight excluding hydrogens is 294 g/mol. The monoisotopic (exact) mass is 313 g/mol. The van der Waals surface area contributed by atoms with Crippen LogP contribution < -0.4 is 11.1 Å². The fraction of sp³-hybridized carbons (Fsp3) is 0.500. The first-order valence-electron chi connectivity index (χ1n) is 6.77. The third-order valence-corrected chi connectivity index (χ3v) is 3.34. The van der Waals surface area contributed by atoms with Gasteiger partial charge in [-0.1, -0.05) is 25.4 Å². The fourth-order valence-electron chi connectivity index (χ4n) is 2.14. The molecule has 0 fully saturated rings. The molecule has 1 aromatic rings. The van der Waals surface area contributed by atoms with Gasteiger partial charge < -0.3 is 11.1 Å². The van der Waals surface area contributed by atoms with Crippen molar-refractivity contribution in [3.05, 3.63) is 33.3 Å². The number of carbonyl (C=O) groups is 1. The Bertz CT molecular complexity index is 520. The van der Waals surface area contributed by atoms with Crippen LogP contribution in [0.15, 0.2) is 18.2 Å². The molecule has 1 aromatic carbocycles. The third kappa shape index (κ3) is 5.69. The first-order valence-corrected chi connectivity index (χ1v) is 7.15. The maximum absolute atomic E-state index is 11.9. The van der Waals surface area contributed by atoms with Gasteiger partial charge in [0, 0.05) is 18.2 Å². The van der Waals surface area contributed by atoms with E-state index in [4.69, 9.17) is 17.3 Å². The summed E-state index contributed by atoms with van der Waals surface area (Å²) in [7, 11) is 0. The number of nitro groups is 1. The van der Waals surface area contributed by atoms with Gasteiger partial charge in [-0.3, -0.25) is 14.9 Å². The first kappa shape index (κ1) is 17.4. The topological polar surface area (TPSA) is 98.3 Å². The Morgan fingerprint density at radius 1 is 1.48 bits per heavy atom. The Kier molecular flexibility index (Phi) is 6.58. The van der Waals surface area contributed by atoms with Crippen molar-refractivity contribution in [3.63, 3.8) is 0 Å². The van der Waals surface area contributed by atoms with E-state index in [2.05, 4.69) is 19.2 Å². The zero-order valence-electron chi connectivity index (χ0n) is 12.1. The molecule has 0 bridgehead atoms. The lowest BCUT2D eigenvalue weighted by Crippen LogP contribution is -2.23. The van der Waals surface area contributed by atoms with E-state index in [0.717, 1.165) is 6.42 Å². The van der Waals surface area contributed by atoms with E-state index in [1.54, 1.807) is 0 Å². The highest BCUT2D eigenvalue weighted by Crippen LogP contribution is 2.27. The van der Waals surface area contributed by atoms with Crippen molar-refractivity contribution in [1.29, 1.82) is 0 Å². The van der Waals surface area contributed by atoms with Crippen molar-refractivity contribution in [3.8, 4) is 0 Å². The fourth-order valence-corrected chi connectivity index (χ4v) is 2.39. The van der Waals surface area contributed by atoms with E-state index in [-0.39, 0.29) is 22.5 Å². The number of nitrogens with one attached hydrogen (secondary N) is 1. The van der Waals surface area contributed by atoms with Crippen LogP contribution in [0.4, 0.5) is 11.4 Å². The van der Waals surface area contributed by atoms with Crippen molar-refractivity contribution in [2.75, 3.05) is 11.9 Å². The lowest BCUT2D eigenvalue weighted by atomic mass is 9.94. The summed E-state index contributed by atoms with van der Waals surface area (Å²) in [6, 6.07) is 4.10. The van der Waals surface area contributed by atoms with Gasteiger partial charge in [-0.15, -0.1) is 0 Å². The Labute approximate surface area is 128 Å². The van der Waals surface area contributed by atoms with E-state index < -0.39 is 4.92 Å². The van der Waals surface area contributed by atoms with Crippen molar-refractivity contribution >= 4 is 28.9 Å². The van der Waals surface area contributed by atoms with Crippen molar-refractivity contribution in [2.24, 2.45) is 17.6 Å². The molecule has 0 saturated carbocycles. The lowest BCUT2D eigenvalue weighted by Gasteiger charge is -2.16. The second kappa shape index (κ2) is 7.95. The number of anilines is 1. The molecule has 0 unspecified atom stereocenters. The Morgan fingerprint density at radius 3 is 2.62 bits per heavy atom. The summed E-state index contributed by atoms with van der Waals surface area (Å²) in [6.07, 6.45) is 1.20. The number of nitrogens with zero attached hydrogens (tertiary/aromatic N) is 1. The van der Waals surface area contributed by atoms with Crippen LogP contribution in [0.5, 0.6) is 0 Å². The van der Waals surface area contributed by atoms with Crippen LogP contribution in [0.1, 0.15) is 26.7 Å². The average Bonchev–Trinajstić information content (AvgIpc) is 2.36. The number of hydrogen-bond acceptors (Lipinski definition) is 4. The number of halogens is 1. The van der Waals surface area contributed by atoms with Crippen molar-refractivity contribution in [1.82, 2.24) is 0 Å². The summed E-state index contributed by atoms with van der Waals surface area (Å²) in [4.78, 5) is 22.0. The smallest absolute Gasteiger partial charge is 0.288 e. The van der Waals surface area contributed by atoms with Gasteiger partial charge in [-0.05, 0) is 36.9 Å². The second-order valence-corrected chi connectivity index (χ2v) is 5.81. The van der Waals surface area contributed by atoms with Gasteiger partial charge in [-0.25, -0.2) is 0 Å². The highest BCUT2D eigenvalue weighted by Gasteiger charge is 2.16. The van der Waals surface area contributed by atoms with Crippen LogP contribution in [0.3, 0.4) is 0 Å². The molecule has 0 aromatic heterocycles. The van der Waals surface area contributed by atoms with Crippen LogP contribution in [0.2, 0.25) is 5.02 Å². The van der Waals surface area contributed by atoms with Gasteiger partial charge >= 0.3 is 0 Å². The molecule has 6 nitrogen and oxygen atoms in total. The maximum Gasteiger partial charge on any atom is 0.288 e. The number of carbonyl (C=O) groups excluding carboxylic acids is 1. The summed E-state index contributed by atoms with van der Waals surface area (Å²) in [5.74, 6) is 0.426. The molecule has 0 radical (unpaired) electrons. The Hall–Kier alpha value is -1.66. The maximum atomic E-state index is 11.9. The van der Waals surface area contributed by atoms with E-state index in [0.29, 0.717) is 24.6 Å². The minimum Gasteiger partial charge on any atom is -0.330 e. The standard InChI is InChI=1S/C14H20ClN3O3/c1-9(2)5-10(8-16)6-14(19)17-11-3-4-13(18(20)21)12(15)7-11/h3-4,7,9-10H,5-6,8,16H2,1-2H3,(H,17,19)/t10-/m0/s1. The van der Waals surface area contributed by atoms with Crippen LogP contribution in [-0.2, 0) is 4.79 Å². The molecule has 1 rings (SSSR count). The van der Waals surface area contributed by atoms with Crippen molar-refractivity contribution in [2.45, 2.75) is 26.7 Å². The molecule has 0 saturated heterocycles. The van der Waals surface area contributed by atoms with Gasteiger partial charge in [-0.2, -0.15) is 0 Å². The zero-order valence-corrected chi connectivity index (χ0v) is 12.9. The number of nitro benzene ring substituents is 1. The molecule has 7 heteroatoms. The lowest BCUT2D eigenvalue weighted by molar-refractivity contribution is -0.384. The highest BCUT2D eigenvalue weighted by atomic mass is 35.5. The van der Waals surface area contributed by atoms with Gasteiger partial charge in [0.2, 0.25) is 5.91 Å². The summed E-state index contributed by atoms with van der Waals surface area (Å²) >= 11 is 5.80. The summed E-state index contributed by atoms with van der Waals surface area (Å²) in [5.41, 5.74) is 5.92. The largest absolute Gasteiger partial charge is 0.330 e. The van der Waals surface area contributed by atoms with Crippen LogP contribution >= 0.6 is 11.6 Å². The number of nitrogens with two attached hydrogens (primary N) is 1. The predicted octanol–water partition coefficient (Wildman–Crippen LogP) is 3.20. The molecule has 0 aliphatic heterocycles. The molecule has 116 valence electrons. The van der Waals surface area contributed by atoms with Gasteiger partial charge in [0.1, 0.15) is 5.02 Å². The molecular formula is C14H20ClN3O3. The molecule has 1 amide bonds. The normalized spacial score (nSPS) is 12.2. The number of amides is 1. The van der Waals surface area contributed by atoms with E-state index in [9.17, 15) is 14.9 Å². The number of benzene rings is 1. The third-order valence-electron chi connectivity index (χ3n) is 3.04. The molecule has 0 aliphatic rings. The summed E-state index contributed by atoms with van der Waals surface area (Å²) < 4.78 is 0. The van der Waals surface area contributed by atoms with E-state index in [1.807, 2.05) is 0 Å². The van der Waals surface area contributed by atoms with E-state index in [1.165, 1.54) is 18.2 Å². The predicted molar refractivity (Wildman–Crippen MR) is 83.4 cm³/mol. The van der Waals surface area contributed by atoms with Crippen LogP contribution in [-0.4, -0.2) is 17.4 Å². The molecule has 0 spiro atoms. The summed E-state index contributed by atoms with van der Waals surface area (Å²) in [6.45, 7) is 4.61.